The number of aliphatic hydroxyl groups is 1. The van der Waals surface area contributed by atoms with E-state index in [-0.39, 0.29) is 17.9 Å². The first kappa shape index (κ1) is 20.8. The van der Waals surface area contributed by atoms with Crippen molar-refractivity contribution in [3.8, 4) is 10.6 Å². The molecule has 31 heavy (non-hydrogen) atoms. The molecule has 0 saturated carbocycles. The number of aliphatic hydroxyl groups excluding tert-OH is 1. The molecule has 2 heterocycles. The largest absolute Gasteiger partial charge is 0.509 e. The second kappa shape index (κ2) is 8.35. The second-order valence-corrected chi connectivity index (χ2v) is 8.83. The molecule has 7 heteroatoms. The maximum Gasteiger partial charge on any atom is 0.261 e. The van der Waals surface area contributed by atoms with Crippen LogP contribution in [0.5, 0.6) is 0 Å². The Morgan fingerprint density at radius 2 is 1.77 bits per heavy atom. The summed E-state index contributed by atoms with van der Waals surface area (Å²) < 4.78 is 0. The Morgan fingerprint density at radius 1 is 1.13 bits per heavy atom. The highest BCUT2D eigenvalue weighted by Gasteiger charge is 2.44. The minimum Gasteiger partial charge on any atom is -0.509 e. The van der Waals surface area contributed by atoms with Crippen LogP contribution in [0.25, 0.3) is 10.6 Å². The van der Waals surface area contributed by atoms with Crippen LogP contribution >= 0.6 is 11.3 Å². The van der Waals surface area contributed by atoms with Gasteiger partial charge in [-0.25, -0.2) is 4.98 Å². The number of nitrogens with one attached hydrogen (secondary N) is 2. The molecule has 0 radical (unpaired) electrons. The van der Waals surface area contributed by atoms with Gasteiger partial charge < -0.3 is 15.7 Å². The maximum atomic E-state index is 12.8. The molecule has 158 valence electrons. The molecule has 0 fully saturated rings. The van der Waals surface area contributed by atoms with Crippen LogP contribution in [0, 0.1) is 6.92 Å². The highest BCUT2D eigenvalue weighted by Crippen LogP contribution is 2.30. The van der Waals surface area contributed by atoms with Crippen LogP contribution in [0.15, 0.2) is 72.0 Å². The lowest BCUT2D eigenvalue weighted by Gasteiger charge is -2.24. The van der Waals surface area contributed by atoms with Crippen molar-refractivity contribution >= 4 is 23.2 Å². The number of hydrogen-bond donors (Lipinski definition) is 3. The van der Waals surface area contributed by atoms with Crippen LogP contribution in [-0.2, 0) is 22.6 Å². The first-order valence-corrected chi connectivity index (χ1v) is 10.8. The molecule has 0 aliphatic carbocycles. The van der Waals surface area contributed by atoms with E-state index in [1.807, 2.05) is 67.6 Å². The van der Waals surface area contributed by atoms with Gasteiger partial charge in [-0.1, -0.05) is 60.7 Å². The van der Waals surface area contributed by atoms with Crippen molar-refractivity contribution in [2.24, 2.45) is 0 Å². The molecule has 1 atom stereocenters. The topological polar surface area (TPSA) is 91.3 Å². The summed E-state index contributed by atoms with van der Waals surface area (Å²) in [6.07, 6.45) is 0.385. The van der Waals surface area contributed by atoms with Crippen molar-refractivity contribution < 1.29 is 14.7 Å². The Hall–Kier alpha value is -3.45. The molecule has 4 rings (SSSR count). The number of hydrogen-bond acceptors (Lipinski definition) is 5. The van der Waals surface area contributed by atoms with Crippen molar-refractivity contribution in [3.63, 3.8) is 0 Å². The van der Waals surface area contributed by atoms with Gasteiger partial charge in [0, 0.05) is 16.9 Å². The summed E-state index contributed by atoms with van der Waals surface area (Å²) in [4.78, 5) is 30.7. The summed E-state index contributed by atoms with van der Waals surface area (Å²) in [5.74, 6) is -1.40. The Bertz CT molecular complexity index is 1160. The lowest BCUT2D eigenvalue weighted by atomic mass is 9.91. The number of aromatic nitrogens is 1. The molecule has 2 aromatic carbocycles. The summed E-state index contributed by atoms with van der Waals surface area (Å²) in [5, 5.41) is 17.1. The molecular weight excluding hydrogens is 410 g/mol. The quantitative estimate of drug-likeness (QED) is 0.517. The van der Waals surface area contributed by atoms with Crippen LogP contribution in [-0.4, -0.2) is 27.4 Å². The third-order valence-corrected chi connectivity index (χ3v) is 6.53. The van der Waals surface area contributed by atoms with Crippen molar-refractivity contribution in [2.75, 3.05) is 0 Å². The number of carbonyl (C=O) groups is 2. The van der Waals surface area contributed by atoms with Gasteiger partial charge in [0.2, 0.25) is 0 Å². The summed E-state index contributed by atoms with van der Waals surface area (Å²) in [6, 6.07) is 19.3. The molecule has 0 bridgehead atoms. The fraction of sp³-hybridized carbons (Fsp3) is 0.208. The van der Waals surface area contributed by atoms with Crippen molar-refractivity contribution in [2.45, 2.75) is 32.4 Å². The van der Waals surface area contributed by atoms with Crippen LogP contribution in [0.2, 0.25) is 0 Å². The third kappa shape index (κ3) is 4.22. The van der Waals surface area contributed by atoms with Crippen LogP contribution in [0.3, 0.4) is 0 Å². The van der Waals surface area contributed by atoms with Gasteiger partial charge in [-0.05, 0) is 19.4 Å². The van der Waals surface area contributed by atoms with Crippen molar-refractivity contribution in [1.82, 2.24) is 15.6 Å². The van der Waals surface area contributed by atoms with Gasteiger partial charge in [0.05, 0.1) is 17.8 Å². The molecule has 6 nitrogen and oxygen atoms in total. The van der Waals surface area contributed by atoms with Gasteiger partial charge in [-0.15, -0.1) is 11.3 Å². The number of carbonyl (C=O) groups excluding carboxylic acids is 2. The van der Waals surface area contributed by atoms with Gasteiger partial charge in [0.25, 0.3) is 11.8 Å². The first-order chi connectivity index (χ1) is 14.9. The Labute approximate surface area is 184 Å². The zero-order valence-corrected chi connectivity index (χ0v) is 18.1. The standard InChI is InChI=1S/C24H23N3O3S/c1-15-18(31-23(26-15)17-11-7-4-8-12-17)14-25-21(29)19-20(28)24(2,27-22(19)30)13-16-9-5-3-6-10-16/h3-12,28H,13-14H2,1-2H3,(H,25,29)(H,27,30). The van der Waals surface area contributed by atoms with Gasteiger partial charge in [0.1, 0.15) is 16.3 Å². The highest BCUT2D eigenvalue weighted by molar-refractivity contribution is 7.15. The van der Waals surface area contributed by atoms with E-state index in [1.165, 1.54) is 11.3 Å². The maximum absolute atomic E-state index is 12.8. The summed E-state index contributed by atoms with van der Waals surface area (Å²) in [6.45, 7) is 3.84. The van der Waals surface area contributed by atoms with E-state index < -0.39 is 17.4 Å². The molecule has 0 spiro atoms. The SMILES string of the molecule is Cc1nc(-c2ccccc2)sc1CNC(=O)C1=C(O)C(C)(Cc2ccccc2)NC1=O. The van der Waals surface area contributed by atoms with E-state index >= 15 is 0 Å². The van der Waals surface area contributed by atoms with Gasteiger partial charge >= 0.3 is 0 Å². The molecule has 1 unspecified atom stereocenters. The minimum absolute atomic E-state index is 0.231. The highest BCUT2D eigenvalue weighted by atomic mass is 32.1. The van der Waals surface area contributed by atoms with Crippen molar-refractivity contribution in [1.29, 1.82) is 0 Å². The lowest BCUT2D eigenvalue weighted by Crippen LogP contribution is -2.43. The van der Waals surface area contributed by atoms with E-state index in [4.69, 9.17) is 0 Å². The number of aryl methyl sites for hydroxylation is 1. The van der Waals surface area contributed by atoms with Gasteiger partial charge in [0.15, 0.2) is 0 Å². The number of thiazole rings is 1. The predicted molar refractivity (Wildman–Crippen MR) is 120 cm³/mol. The molecule has 2 amide bonds. The fourth-order valence-electron chi connectivity index (χ4n) is 3.64. The number of benzene rings is 2. The van der Waals surface area contributed by atoms with Gasteiger partial charge in [-0.3, -0.25) is 9.59 Å². The van der Waals surface area contributed by atoms with E-state index in [1.54, 1.807) is 6.92 Å². The first-order valence-electron chi connectivity index (χ1n) is 9.97. The van der Waals surface area contributed by atoms with Crippen LogP contribution < -0.4 is 10.6 Å². The summed E-state index contributed by atoms with van der Waals surface area (Å²) in [7, 11) is 0. The number of rotatable bonds is 6. The Kier molecular flexibility index (Phi) is 5.61. The molecule has 0 saturated heterocycles. The average molecular weight is 434 g/mol. The Balaban J connectivity index is 1.49. The molecule has 1 aliphatic heterocycles. The van der Waals surface area contributed by atoms with Gasteiger partial charge in [-0.2, -0.15) is 0 Å². The van der Waals surface area contributed by atoms with E-state index in [9.17, 15) is 14.7 Å². The van der Waals surface area contributed by atoms with E-state index in [0.717, 1.165) is 26.7 Å². The molecular formula is C24H23N3O3S. The number of amides is 2. The third-order valence-electron chi connectivity index (χ3n) is 5.33. The zero-order chi connectivity index (χ0) is 22.0. The minimum atomic E-state index is -1.02. The smallest absolute Gasteiger partial charge is 0.261 e. The lowest BCUT2D eigenvalue weighted by molar-refractivity contribution is -0.123. The Morgan fingerprint density at radius 3 is 2.45 bits per heavy atom. The molecule has 3 aromatic rings. The van der Waals surface area contributed by atoms with Crippen LogP contribution in [0.1, 0.15) is 23.1 Å². The van der Waals surface area contributed by atoms with Crippen molar-refractivity contribution in [3.05, 3.63) is 88.1 Å². The van der Waals surface area contributed by atoms with Crippen LogP contribution in [0.4, 0.5) is 0 Å². The normalized spacial score (nSPS) is 18.2. The zero-order valence-electron chi connectivity index (χ0n) is 17.3. The summed E-state index contributed by atoms with van der Waals surface area (Å²) >= 11 is 1.50. The van der Waals surface area contributed by atoms with E-state index in [0.29, 0.717) is 6.42 Å². The monoisotopic (exact) mass is 433 g/mol. The average Bonchev–Trinajstić information content (AvgIpc) is 3.24. The number of nitrogens with zero attached hydrogens (tertiary/aromatic N) is 1. The summed E-state index contributed by atoms with van der Waals surface area (Å²) in [5.41, 5.74) is 1.54. The molecule has 1 aliphatic rings. The predicted octanol–water partition coefficient (Wildman–Crippen LogP) is 3.68. The second-order valence-electron chi connectivity index (χ2n) is 7.75. The molecule has 1 aromatic heterocycles. The molecule has 3 N–H and O–H groups in total. The van der Waals surface area contributed by atoms with E-state index in [2.05, 4.69) is 15.6 Å². The fourth-order valence-corrected chi connectivity index (χ4v) is 4.65.